The fraction of sp³-hybridized carbons (Fsp3) is 0.938. The molecule has 4 nitrogen and oxygen atoms in total. The Hall–Kier alpha value is -0.320. The van der Waals surface area contributed by atoms with E-state index in [0.717, 1.165) is 12.8 Å². The maximum absolute atomic E-state index is 12.6. The Morgan fingerprint density at radius 1 is 1.24 bits per heavy atom. The van der Waals surface area contributed by atoms with Crippen LogP contribution < -0.4 is 11.1 Å². The molecule has 3 rings (SSSR count). The van der Waals surface area contributed by atoms with Crippen molar-refractivity contribution < 1.29 is 9.53 Å². The van der Waals surface area contributed by atoms with Gasteiger partial charge < -0.3 is 15.8 Å². The van der Waals surface area contributed by atoms with E-state index in [9.17, 15) is 4.79 Å². The van der Waals surface area contributed by atoms with Crippen molar-refractivity contribution in [2.24, 2.45) is 28.9 Å². The van der Waals surface area contributed by atoms with Crippen LogP contribution in [0.3, 0.4) is 0 Å². The van der Waals surface area contributed by atoms with Crippen LogP contribution in [-0.4, -0.2) is 30.7 Å². The van der Waals surface area contributed by atoms with Crippen molar-refractivity contribution >= 4 is 18.3 Å². The highest BCUT2D eigenvalue weighted by molar-refractivity contribution is 5.85. The molecule has 3 N–H and O–H groups in total. The van der Waals surface area contributed by atoms with Crippen LogP contribution in [0.4, 0.5) is 0 Å². The first-order valence-corrected chi connectivity index (χ1v) is 7.91. The number of rotatable bonds is 3. The number of fused-ring (bicyclic) bond motifs is 2. The maximum Gasteiger partial charge on any atom is 0.225 e. The molecule has 21 heavy (non-hydrogen) atoms. The van der Waals surface area contributed by atoms with Crippen LogP contribution >= 0.6 is 12.4 Å². The molecule has 3 saturated carbocycles. The molecule has 122 valence electrons. The monoisotopic (exact) mass is 316 g/mol. The first kappa shape index (κ1) is 17.0. The summed E-state index contributed by atoms with van der Waals surface area (Å²) in [6.07, 6.45) is 4.44. The first-order valence-electron chi connectivity index (χ1n) is 7.91. The van der Waals surface area contributed by atoms with Gasteiger partial charge in [-0.2, -0.15) is 0 Å². The molecule has 0 saturated heterocycles. The number of methoxy groups -OCH3 is 1. The fourth-order valence-corrected chi connectivity index (χ4v) is 4.72. The van der Waals surface area contributed by atoms with Crippen LogP contribution in [0.1, 0.15) is 46.5 Å². The van der Waals surface area contributed by atoms with Gasteiger partial charge >= 0.3 is 0 Å². The van der Waals surface area contributed by atoms with E-state index < -0.39 is 0 Å². The standard InChI is InChI=1S/C16H28N2O2.ClH/c1-15(2)11(8-16(15,3)20-4)18-14(19)12-9-5-6-10(7-9)13(12)17;/h9-13H,5-8,17H2,1-4H3,(H,18,19);1H. The smallest absolute Gasteiger partial charge is 0.225 e. The minimum atomic E-state index is -0.137. The number of amides is 1. The third-order valence-corrected chi connectivity index (χ3v) is 6.88. The second kappa shape index (κ2) is 5.39. The Kier molecular flexibility index (Phi) is 4.38. The number of nitrogens with two attached hydrogens (primary N) is 1. The molecule has 0 heterocycles. The van der Waals surface area contributed by atoms with E-state index in [1.807, 2.05) is 0 Å². The van der Waals surface area contributed by atoms with Gasteiger partial charge in [0, 0.05) is 24.6 Å². The van der Waals surface area contributed by atoms with Crippen molar-refractivity contribution in [3.8, 4) is 0 Å². The van der Waals surface area contributed by atoms with Gasteiger partial charge in [-0.1, -0.05) is 13.8 Å². The average molecular weight is 317 g/mol. The van der Waals surface area contributed by atoms with E-state index in [1.54, 1.807) is 7.11 Å². The summed E-state index contributed by atoms with van der Waals surface area (Å²) in [7, 11) is 1.76. The summed E-state index contributed by atoms with van der Waals surface area (Å²) in [6, 6.07) is 0.275. The van der Waals surface area contributed by atoms with Crippen molar-refractivity contribution in [2.75, 3.05) is 7.11 Å². The van der Waals surface area contributed by atoms with Gasteiger partial charge in [0.05, 0.1) is 11.5 Å². The number of carbonyl (C=O) groups excluding carboxylic acids is 1. The zero-order valence-electron chi connectivity index (χ0n) is 13.5. The van der Waals surface area contributed by atoms with Crippen LogP contribution in [0.25, 0.3) is 0 Å². The quantitative estimate of drug-likeness (QED) is 0.838. The van der Waals surface area contributed by atoms with Crippen LogP contribution in [0.5, 0.6) is 0 Å². The normalized spacial score (nSPS) is 46.6. The topological polar surface area (TPSA) is 64.3 Å². The summed E-state index contributed by atoms with van der Waals surface area (Å²) in [5, 5.41) is 3.25. The van der Waals surface area contributed by atoms with E-state index in [0.29, 0.717) is 11.8 Å². The molecule has 0 aromatic heterocycles. The number of hydrogen-bond donors (Lipinski definition) is 2. The molecule has 0 aromatic rings. The average Bonchev–Trinajstić information content (AvgIpc) is 2.98. The van der Waals surface area contributed by atoms with Crippen LogP contribution in [0, 0.1) is 23.2 Å². The van der Waals surface area contributed by atoms with Gasteiger partial charge in [-0.3, -0.25) is 4.79 Å². The SMILES string of the molecule is COC1(C)CC(NC(=O)C2C3CCC(C3)C2N)C1(C)C.Cl. The molecular formula is C16H29ClN2O2. The molecule has 2 bridgehead atoms. The molecule has 6 unspecified atom stereocenters. The molecule has 5 heteroatoms. The summed E-state index contributed by atoms with van der Waals surface area (Å²) in [4.78, 5) is 12.6. The summed E-state index contributed by atoms with van der Waals surface area (Å²) in [5.41, 5.74) is 6.10. The molecule has 0 radical (unpaired) electrons. The van der Waals surface area contributed by atoms with E-state index in [4.69, 9.17) is 10.5 Å². The molecule has 6 atom stereocenters. The van der Waals surface area contributed by atoms with E-state index >= 15 is 0 Å². The van der Waals surface area contributed by atoms with Crippen molar-refractivity contribution in [1.29, 1.82) is 0 Å². The van der Waals surface area contributed by atoms with Gasteiger partial charge in [0.25, 0.3) is 0 Å². The summed E-state index contributed by atoms with van der Waals surface area (Å²) in [6.45, 7) is 6.47. The molecule has 1 amide bonds. The second-order valence-corrected chi connectivity index (χ2v) is 7.86. The summed E-state index contributed by atoms with van der Waals surface area (Å²) < 4.78 is 5.62. The predicted octanol–water partition coefficient (Wildman–Crippen LogP) is 2.10. The highest BCUT2D eigenvalue weighted by Gasteiger charge is 2.59. The minimum absolute atomic E-state index is 0. The Labute approximate surface area is 134 Å². The molecule has 3 aliphatic carbocycles. The van der Waals surface area contributed by atoms with Crippen molar-refractivity contribution in [3.63, 3.8) is 0 Å². The summed E-state index contributed by atoms with van der Waals surface area (Å²) >= 11 is 0. The highest BCUT2D eigenvalue weighted by atomic mass is 35.5. The van der Waals surface area contributed by atoms with E-state index in [1.165, 1.54) is 12.8 Å². The van der Waals surface area contributed by atoms with Gasteiger partial charge in [-0.25, -0.2) is 0 Å². The van der Waals surface area contributed by atoms with Gasteiger partial charge in [0.2, 0.25) is 5.91 Å². The number of halogens is 1. The van der Waals surface area contributed by atoms with Crippen molar-refractivity contribution in [3.05, 3.63) is 0 Å². The Bertz CT molecular complexity index is 427. The lowest BCUT2D eigenvalue weighted by Crippen LogP contribution is -2.69. The largest absolute Gasteiger partial charge is 0.378 e. The molecule has 3 aliphatic rings. The predicted molar refractivity (Wildman–Crippen MR) is 85.3 cm³/mol. The van der Waals surface area contributed by atoms with Crippen LogP contribution in [0.15, 0.2) is 0 Å². The van der Waals surface area contributed by atoms with E-state index in [-0.39, 0.29) is 47.3 Å². The molecule has 3 fully saturated rings. The van der Waals surface area contributed by atoms with Crippen LogP contribution in [0.2, 0.25) is 0 Å². The van der Waals surface area contributed by atoms with E-state index in [2.05, 4.69) is 26.1 Å². The third kappa shape index (κ3) is 2.30. The van der Waals surface area contributed by atoms with Gasteiger partial charge in [-0.15, -0.1) is 12.4 Å². The second-order valence-electron chi connectivity index (χ2n) is 7.86. The van der Waals surface area contributed by atoms with Gasteiger partial charge in [-0.05, 0) is 44.4 Å². The molecule has 0 spiro atoms. The minimum Gasteiger partial charge on any atom is -0.378 e. The fourth-order valence-electron chi connectivity index (χ4n) is 4.72. The molecular weight excluding hydrogens is 288 g/mol. The zero-order valence-corrected chi connectivity index (χ0v) is 14.3. The number of nitrogens with one attached hydrogen (secondary N) is 1. The molecule has 0 aliphatic heterocycles. The zero-order chi connectivity index (χ0) is 14.7. The lowest BCUT2D eigenvalue weighted by atomic mass is 9.55. The lowest BCUT2D eigenvalue weighted by Gasteiger charge is -2.59. The van der Waals surface area contributed by atoms with Gasteiger partial charge in [0.15, 0.2) is 0 Å². The highest BCUT2D eigenvalue weighted by Crippen LogP contribution is 2.52. The Morgan fingerprint density at radius 3 is 2.33 bits per heavy atom. The van der Waals surface area contributed by atoms with Crippen LogP contribution in [-0.2, 0) is 9.53 Å². The third-order valence-electron chi connectivity index (χ3n) is 6.88. The Balaban J connectivity index is 0.00000161. The van der Waals surface area contributed by atoms with Crippen molar-refractivity contribution in [1.82, 2.24) is 5.32 Å². The number of ether oxygens (including phenoxy) is 1. The van der Waals surface area contributed by atoms with Crippen molar-refractivity contribution in [2.45, 2.75) is 64.1 Å². The lowest BCUT2D eigenvalue weighted by molar-refractivity contribution is -0.183. The molecule has 0 aromatic carbocycles. The maximum atomic E-state index is 12.6. The number of carbonyl (C=O) groups is 1. The van der Waals surface area contributed by atoms with Gasteiger partial charge in [0.1, 0.15) is 0 Å². The first-order chi connectivity index (χ1) is 9.30. The number of hydrogen-bond acceptors (Lipinski definition) is 3. The summed E-state index contributed by atoms with van der Waals surface area (Å²) in [5.74, 6) is 1.32. The Morgan fingerprint density at radius 2 is 1.86 bits per heavy atom.